The van der Waals surface area contributed by atoms with Gasteiger partial charge in [0, 0.05) is 6.54 Å². The molecule has 1 rings (SSSR count). The Morgan fingerprint density at radius 1 is 1.40 bits per heavy atom. The van der Waals surface area contributed by atoms with Crippen molar-refractivity contribution in [2.45, 2.75) is 59.4 Å². The molecular weight excluding hydrogens is 256 g/mol. The summed E-state index contributed by atoms with van der Waals surface area (Å²) in [5, 5.41) is 15.4. The third-order valence-corrected chi connectivity index (χ3v) is 4.07. The van der Waals surface area contributed by atoms with Crippen molar-refractivity contribution in [1.82, 2.24) is 10.6 Å². The van der Waals surface area contributed by atoms with Crippen LogP contribution in [0, 0.1) is 10.8 Å². The van der Waals surface area contributed by atoms with Crippen molar-refractivity contribution < 1.29 is 14.7 Å². The zero-order chi connectivity index (χ0) is 15.4. The van der Waals surface area contributed by atoms with Crippen LogP contribution in [-0.4, -0.2) is 36.1 Å². The van der Waals surface area contributed by atoms with Crippen molar-refractivity contribution in [2.75, 3.05) is 13.1 Å². The van der Waals surface area contributed by atoms with Crippen LogP contribution in [-0.2, 0) is 9.59 Å². The van der Waals surface area contributed by atoms with Crippen molar-refractivity contribution in [2.24, 2.45) is 10.8 Å². The van der Waals surface area contributed by atoms with Crippen LogP contribution in [0.2, 0.25) is 0 Å². The first-order valence-electron chi connectivity index (χ1n) is 7.47. The molecule has 2 atom stereocenters. The van der Waals surface area contributed by atoms with Crippen molar-refractivity contribution in [3.63, 3.8) is 0 Å². The molecule has 1 aliphatic heterocycles. The molecule has 0 spiro atoms. The Morgan fingerprint density at radius 3 is 2.45 bits per heavy atom. The predicted octanol–water partition coefficient (Wildman–Crippen LogP) is 1.77. The lowest BCUT2D eigenvalue weighted by atomic mass is 9.75. The summed E-state index contributed by atoms with van der Waals surface area (Å²) >= 11 is 0. The highest BCUT2D eigenvalue weighted by Gasteiger charge is 2.42. The van der Waals surface area contributed by atoms with Gasteiger partial charge in [0.25, 0.3) is 0 Å². The van der Waals surface area contributed by atoms with Gasteiger partial charge in [0.2, 0.25) is 5.91 Å². The summed E-state index contributed by atoms with van der Waals surface area (Å²) in [6, 6.07) is -0.856. The summed E-state index contributed by atoms with van der Waals surface area (Å²) in [6.07, 6.45) is 3.50. The standard InChI is InChI=1S/C15H28N2O3/c1-5-7-15(8-6-9-16-10-15)13(20)17-11(12(18)19)14(2,3)4/h11,16H,5-10H2,1-4H3,(H,17,20)(H,18,19)/t11-,15?/m0/s1. The molecule has 20 heavy (non-hydrogen) atoms. The Labute approximate surface area is 121 Å². The minimum absolute atomic E-state index is 0.117. The van der Waals surface area contributed by atoms with E-state index in [1.807, 2.05) is 20.8 Å². The maximum absolute atomic E-state index is 12.7. The van der Waals surface area contributed by atoms with E-state index in [2.05, 4.69) is 17.6 Å². The molecule has 1 saturated heterocycles. The molecule has 1 unspecified atom stereocenters. The van der Waals surface area contributed by atoms with E-state index in [0.29, 0.717) is 6.54 Å². The number of aliphatic carboxylic acids is 1. The van der Waals surface area contributed by atoms with Gasteiger partial charge in [0.15, 0.2) is 0 Å². The van der Waals surface area contributed by atoms with Gasteiger partial charge in [0.1, 0.15) is 6.04 Å². The summed E-state index contributed by atoms with van der Waals surface area (Å²) in [5.41, 5.74) is -0.955. The molecule has 0 aliphatic carbocycles. The first kappa shape index (κ1) is 17.0. The lowest BCUT2D eigenvalue weighted by Crippen LogP contribution is -2.57. The molecule has 116 valence electrons. The number of carboxylic acid groups (broad SMARTS) is 1. The summed E-state index contributed by atoms with van der Waals surface area (Å²) in [6.45, 7) is 9.12. The molecule has 5 nitrogen and oxygen atoms in total. The summed E-state index contributed by atoms with van der Waals surface area (Å²) < 4.78 is 0. The molecule has 5 heteroatoms. The molecule has 0 aromatic rings. The zero-order valence-corrected chi connectivity index (χ0v) is 13.1. The Bertz CT molecular complexity index is 349. The number of hydrogen-bond acceptors (Lipinski definition) is 3. The van der Waals surface area contributed by atoms with Crippen LogP contribution in [0.1, 0.15) is 53.4 Å². The minimum Gasteiger partial charge on any atom is -0.480 e. The second kappa shape index (κ2) is 6.57. The van der Waals surface area contributed by atoms with Crippen LogP contribution in [0.4, 0.5) is 0 Å². The highest BCUT2D eigenvalue weighted by molar-refractivity contribution is 5.88. The first-order chi connectivity index (χ1) is 9.23. The van der Waals surface area contributed by atoms with Crippen LogP contribution in [0.5, 0.6) is 0 Å². The maximum atomic E-state index is 12.7. The first-order valence-corrected chi connectivity index (χ1v) is 7.47. The van der Waals surface area contributed by atoms with Crippen LogP contribution < -0.4 is 10.6 Å². The average Bonchev–Trinajstić information content (AvgIpc) is 2.35. The van der Waals surface area contributed by atoms with Gasteiger partial charge < -0.3 is 15.7 Å². The number of carbonyl (C=O) groups excluding carboxylic acids is 1. The van der Waals surface area contributed by atoms with Crippen LogP contribution in [0.25, 0.3) is 0 Å². The van der Waals surface area contributed by atoms with Gasteiger partial charge in [-0.25, -0.2) is 4.79 Å². The quantitative estimate of drug-likeness (QED) is 0.719. The van der Waals surface area contributed by atoms with Crippen molar-refractivity contribution in [3.05, 3.63) is 0 Å². The Kier molecular flexibility index (Phi) is 5.57. The number of piperidine rings is 1. The highest BCUT2D eigenvalue weighted by Crippen LogP contribution is 2.33. The molecule has 0 radical (unpaired) electrons. The average molecular weight is 284 g/mol. The fourth-order valence-corrected chi connectivity index (χ4v) is 2.90. The van der Waals surface area contributed by atoms with E-state index >= 15 is 0 Å². The van der Waals surface area contributed by atoms with Gasteiger partial charge >= 0.3 is 5.97 Å². The Balaban J connectivity index is 2.87. The number of amides is 1. The van der Waals surface area contributed by atoms with Crippen molar-refractivity contribution >= 4 is 11.9 Å². The van der Waals surface area contributed by atoms with Gasteiger partial charge in [-0.2, -0.15) is 0 Å². The smallest absolute Gasteiger partial charge is 0.326 e. The number of hydrogen-bond donors (Lipinski definition) is 3. The Morgan fingerprint density at radius 2 is 2.05 bits per heavy atom. The molecule has 1 fully saturated rings. The molecule has 0 bridgehead atoms. The third kappa shape index (κ3) is 3.95. The number of nitrogens with one attached hydrogen (secondary N) is 2. The number of rotatable bonds is 5. The molecule has 0 saturated carbocycles. The monoisotopic (exact) mass is 284 g/mol. The van der Waals surface area contributed by atoms with E-state index in [1.54, 1.807) is 0 Å². The van der Waals surface area contributed by atoms with Gasteiger partial charge in [-0.15, -0.1) is 0 Å². The molecular formula is C15H28N2O3. The SMILES string of the molecule is CCCC1(C(=O)N[C@@H](C(=O)O)C(C)(C)C)CCCNC1. The third-order valence-electron chi connectivity index (χ3n) is 4.07. The van der Waals surface area contributed by atoms with E-state index in [4.69, 9.17) is 0 Å². The summed E-state index contributed by atoms with van der Waals surface area (Å²) in [5.74, 6) is -1.09. The number of carboxylic acids is 1. The maximum Gasteiger partial charge on any atom is 0.326 e. The zero-order valence-electron chi connectivity index (χ0n) is 13.1. The second-order valence-electron chi connectivity index (χ2n) is 6.92. The highest BCUT2D eigenvalue weighted by atomic mass is 16.4. The molecule has 1 aliphatic rings. The predicted molar refractivity (Wildman–Crippen MR) is 78.5 cm³/mol. The normalized spacial score (nSPS) is 25.0. The van der Waals surface area contributed by atoms with Crippen LogP contribution in [0.15, 0.2) is 0 Å². The lowest BCUT2D eigenvalue weighted by Gasteiger charge is -2.38. The van der Waals surface area contributed by atoms with Gasteiger partial charge in [-0.3, -0.25) is 4.79 Å². The van der Waals surface area contributed by atoms with E-state index in [9.17, 15) is 14.7 Å². The second-order valence-corrected chi connectivity index (χ2v) is 6.92. The fourth-order valence-electron chi connectivity index (χ4n) is 2.90. The van der Waals surface area contributed by atoms with Crippen LogP contribution in [0.3, 0.4) is 0 Å². The molecule has 0 aromatic heterocycles. The summed E-state index contributed by atoms with van der Waals surface area (Å²) in [7, 11) is 0. The molecule has 1 amide bonds. The van der Waals surface area contributed by atoms with E-state index in [-0.39, 0.29) is 5.91 Å². The topological polar surface area (TPSA) is 78.4 Å². The van der Waals surface area contributed by atoms with Crippen LogP contribution >= 0.6 is 0 Å². The van der Waals surface area contributed by atoms with Gasteiger partial charge in [0.05, 0.1) is 5.41 Å². The van der Waals surface area contributed by atoms with Crippen molar-refractivity contribution in [3.8, 4) is 0 Å². The molecule has 1 heterocycles. The van der Waals surface area contributed by atoms with Gasteiger partial charge in [-0.05, 0) is 31.2 Å². The van der Waals surface area contributed by atoms with E-state index in [1.165, 1.54) is 0 Å². The fraction of sp³-hybridized carbons (Fsp3) is 0.867. The van der Waals surface area contributed by atoms with E-state index in [0.717, 1.165) is 32.2 Å². The lowest BCUT2D eigenvalue weighted by molar-refractivity contribution is -0.147. The Hall–Kier alpha value is -1.10. The van der Waals surface area contributed by atoms with Crippen molar-refractivity contribution in [1.29, 1.82) is 0 Å². The summed E-state index contributed by atoms with van der Waals surface area (Å²) in [4.78, 5) is 24.1. The molecule has 3 N–H and O–H groups in total. The molecule has 0 aromatic carbocycles. The van der Waals surface area contributed by atoms with Gasteiger partial charge in [-0.1, -0.05) is 34.1 Å². The van der Waals surface area contributed by atoms with E-state index < -0.39 is 22.8 Å². The largest absolute Gasteiger partial charge is 0.480 e. The minimum atomic E-state index is -0.971. The number of carbonyl (C=O) groups is 2.